The monoisotopic (exact) mass is 407 g/mol. The Balaban J connectivity index is 1.57. The van der Waals surface area contributed by atoms with Crippen molar-refractivity contribution in [1.82, 2.24) is 9.71 Å². The normalized spacial score (nSPS) is 18.0. The fourth-order valence-corrected chi connectivity index (χ4v) is 5.22. The van der Waals surface area contributed by atoms with Crippen LogP contribution in [-0.4, -0.2) is 31.9 Å². The third-order valence-electron chi connectivity index (χ3n) is 4.23. The highest BCUT2D eigenvalue weighted by Crippen LogP contribution is 2.29. The Hall–Kier alpha value is -2.00. The van der Waals surface area contributed by atoms with Crippen LogP contribution < -0.4 is 9.62 Å². The molecule has 26 heavy (non-hydrogen) atoms. The number of nitrogens with zero attached hydrogens (tertiary/aromatic N) is 2. The Morgan fingerprint density at radius 3 is 2.88 bits per heavy atom. The molecule has 0 aliphatic carbocycles. The van der Waals surface area contributed by atoms with Crippen molar-refractivity contribution in [1.29, 1.82) is 0 Å². The van der Waals surface area contributed by atoms with Crippen molar-refractivity contribution in [3.63, 3.8) is 0 Å². The summed E-state index contributed by atoms with van der Waals surface area (Å²) < 4.78 is 28.6. The summed E-state index contributed by atoms with van der Waals surface area (Å²) in [6.45, 7) is 0.401. The van der Waals surface area contributed by atoms with Crippen molar-refractivity contribution in [2.45, 2.75) is 17.4 Å². The lowest BCUT2D eigenvalue weighted by atomic mass is 10.3. The number of nitrogens with one attached hydrogen (secondary N) is 1. The Bertz CT molecular complexity index is 1100. The van der Waals surface area contributed by atoms with Crippen LogP contribution in [0, 0.1) is 0 Å². The second-order valence-electron chi connectivity index (χ2n) is 5.88. The van der Waals surface area contributed by atoms with Crippen LogP contribution in [-0.2, 0) is 14.8 Å². The molecule has 3 heterocycles. The van der Waals surface area contributed by atoms with Crippen LogP contribution in [0.15, 0.2) is 52.9 Å². The molecule has 0 bridgehead atoms. The Labute approximate surface area is 159 Å². The molecule has 1 aliphatic heterocycles. The van der Waals surface area contributed by atoms with Crippen LogP contribution in [0.1, 0.15) is 6.42 Å². The largest absolute Gasteiger partial charge is 0.309 e. The third kappa shape index (κ3) is 3.09. The fraction of sp³-hybridized carbons (Fsp3) is 0.176. The number of carbonyl (C=O) groups excluding carboxylic acids is 1. The van der Waals surface area contributed by atoms with E-state index >= 15 is 0 Å². The van der Waals surface area contributed by atoms with Crippen LogP contribution in [0.3, 0.4) is 0 Å². The molecule has 1 amide bonds. The number of hydrogen-bond acceptors (Lipinski definition) is 5. The van der Waals surface area contributed by atoms with E-state index in [9.17, 15) is 13.2 Å². The molecule has 134 valence electrons. The summed E-state index contributed by atoms with van der Waals surface area (Å²) in [6.07, 6.45) is 1.68. The van der Waals surface area contributed by atoms with Crippen LogP contribution >= 0.6 is 22.9 Å². The van der Waals surface area contributed by atoms with E-state index in [1.54, 1.807) is 30.3 Å². The van der Waals surface area contributed by atoms with Gasteiger partial charge in [0.1, 0.15) is 10.9 Å². The molecular weight excluding hydrogens is 394 g/mol. The van der Waals surface area contributed by atoms with E-state index < -0.39 is 16.1 Å². The van der Waals surface area contributed by atoms with Crippen molar-refractivity contribution in [2.75, 3.05) is 11.4 Å². The lowest BCUT2D eigenvalue weighted by Gasteiger charge is -2.18. The van der Waals surface area contributed by atoms with Gasteiger partial charge in [0.2, 0.25) is 15.9 Å². The highest BCUT2D eigenvalue weighted by atomic mass is 35.5. The maximum Gasteiger partial charge on any atom is 0.245 e. The zero-order valence-electron chi connectivity index (χ0n) is 13.4. The standard InChI is InChI=1S/C17H14ClN3O3S2/c18-12-3-1-2-4-15(12)21-7-5-14(17(21)22)20-26(23,24)11-9-16-13(19-10-11)6-8-25-16/h1-4,6,8-10,14,20H,5,7H2. The Morgan fingerprint density at radius 2 is 2.08 bits per heavy atom. The molecule has 1 aromatic carbocycles. The predicted octanol–water partition coefficient (Wildman–Crippen LogP) is 3.03. The van der Waals surface area contributed by atoms with Gasteiger partial charge in [-0.3, -0.25) is 9.78 Å². The summed E-state index contributed by atoms with van der Waals surface area (Å²) in [5.74, 6) is -0.313. The van der Waals surface area contributed by atoms with Gasteiger partial charge in [-0.2, -0.15) is 4.72 Å². The molecule has 1 N–H and O–H groups in total. The minimum Gasteiger partial charge on any atom is -0.309 e. The van der Waals surface area contributed by atoms with Gasteiger partial charge in [0, 0.05) is 12.7 Å². The van der Waals surface area contributed by atoms with Crippen molar-refractivity contribution >= 4 is 54.8 Å². The lowest BCUT2D eigenvalue weighted by molar-refractivity contribution is -0.118. The average molecular weight is 408 g/mol. The number of pyridine rings is 1. The number of fused-ring (bicyclic) bond motifs is 1. The number of thiophene rings is 1. The number of aromatic nitrogens is 1. The van der Waals surface area contributed by atoms with Gasteiger partial charge in [-0.25, -0.2) is 8.42 Å². The van der Waals surface area contributed by atoms with Gasteiger partial charge < -0.3 is 4.90 Å². The quantitative estimate of drug-likeness (QED) is 0.720. The van der Waals surface area contributed by atoms with Gasteiger partial charge in [-0.1, -0.05) is 23.7 Å². The SMILES string of the molecule is O=C1C(NS(=O)(=O)c2cnc3ccsc3c2)CCN1c1ccccc1Cl. The van der Waals surface area contributed by atoms with Gasteiger partial charge in [-0.15, -0.1) is 11.3 Å². The smallest absolute Gasteiger partial charge is 0.245 e. The molecule has 0 radical (unpaired) electrons. The van der Waals surface area contributed by atoms with Crippen LogP contribution in [0.2, 0.25) is 5.02 Å². The number of benzene rings is 1. The van der Waals surface area contributed by atoms with Crippen molar-refractivity contribution in [3.8, 4) is 0 Å². The lowest BCUT2D eigenvalue weighted by Crippen LogP contribution is -2.41. The number of sulfonamides is 1. The molecule has 1 fully saturated rings. The molecule has 6 nitrogen and oxygen atoms in total. The Morgan fingerprint density at radius 1 is 1.27 bits per heavy atom. The summed E-state index contributed by atoms with van der Waals surface area (Å²) in [5, 5.41) is 2.31. The van der Waals surface area contributed by atoms with E-state index in [4.69, 9.17) is 11.6 Å². The van der Waals surface area contributed by atoms with Gasteiger partial charge in [0.25, 0.3) is 0 Å². The number of carbonyl (C=O) groups is 1. The molecule has 2 aromatic heterocycles. The molecule has 1 aliphatic rings. The zero-order valence-corrected chi connectivity index (χ0v) is 15.8. The molecule has 4 rings (SSSR count). The summed E-state index contributed by atoms with van der Waals surface area (Å²) in [4.78, 5) is 18.4. The summed E-state index contributed by atoms with van der Waals surface area (Å²) in [7, 11) is -3.85. The highest BCUT2D eigenvalue weighted by Gasteiger charge is 2.36. The zero-order chi connectivity index (χ0) is 18.3. The van der Waals surface area contributed by atoms with Gasteiger partial charge in [0.15, 0.2) is 0 Å². The topological polar surface area (TPSA) is 79.4 Å². The highest BCUT2D eigenvalue weighted by molar-refractivity contribution is 7.89. The van der Waals surface area contributed by atoms with Gasteiger partial charge >= 0.3 is 0 Å². The van der Waals surface area contributed by atoms with E-state index in [1.165, 1.54) is 22.4 Å². The van der Waals surface area contributed by atoms with E-state index in [1.807, 2.05) is 11.4 Å². The molecule has 3 aromatic rings. The van der Waals surface area contributed by atoms with Gasteiger partial charge in [-0.05, 0) is 36.1 Å². The predicted molar refractivity (Wildman–Crippen MR) is 102 cm³/mol. The summed E-state index contributed by atoms with van der Waals surface area (Å²) >= 11 is 7.57. The number of amides is 1. The first kappa shape index (κ1) is 17.4. The first-order valence-electron chi connectivity index (χ1n) is 7.87. The molecule has 1 atom stereocenters. The van der Waals surface area contributed by atoms with E-state index in [0.29, 0.717) is 23.7 Å². The van der Waals surface area contributed by atoms with Crippen LogP contribution in [0.5, 0.6) is 0 Å². The first-order chi connectivity index (χ1) is 12.5. The number of rotatable bonds is 4. The molecule has 0 spiro atoms. The molecule has 9 heteroatoms. The second kappa shape index (κ2) is 6.62. The number of anilines is 1. The average Bonchev–Trinajstić information content (AvgIpc) is 3.22. The number of halogens is 1. The number of hydrogen-bond donors (Lipinski definition) is 1. The third-order valence-corrected chi connectivity index (χ3v) is 6.85. The maximum absolute atomic E-state index is 12.7. The second-order valence-corrected chi connectivity index (χ2v) is 8.95. The number of para-hydroxylation sites is 1. The summed E-state index contributed by atoms with van der Waals surface area (Å²) in [6, 6.07) is 9.57. The minimum absolute atomic E-state index is 0.0523. The first-order valence-corrected chi connectivity index (χ1v) is 10.6. The molecule has 1 unspecified atom stereocenters. The van der Waals surface area contributed by atoms with E-state index in [-0.39, 0.29) is 10.8 Å². The van der Waals surface area contributed by atoms with Gasteiger partial charge in [0.05, 0.1) is 20.9 Å². The van der Waals surface area contributed by atoms with Crippen LogP contribution in [0.4, 0.5) is 5.69 Å². The minimum atomic E-state index is -3.85. The molecule has 0 saturated carbocycles. The maximum atomic E-state index is 12.7. The molecular formula is C17H14ClN3O3S2. The fourth-order valence-electron chi connectivity index (χ4n) is 2.93. The van der Waals surface area contributed by atoms with E-state index in [0.717, 1.165) is 10.2 Å². The summed E-state index contributed by atoms with van der Waals surface area (Å²) in [5.41, 5.74) is 1.33. The molecule has 1 saturated heterocycles. The Kier molecular flexibility index (Phi) is 4.44. The van der Waals surface area contributed by atoms with Crippen molar-refractivity contribution in [3.05, 3.63) is 53.0 Å². The van der Waals surface area contributed by atoms with Crippen molar-refractivity contribution < 1.29 is 13.2 Å². The van der Waals surface area contributed by atoms with E-state index in [2.05, 4.69) is 9.71 Å². The van der Waals surface area contributed by atoms with Crippen molar-refractivity contribution in [2.24, 2.45) is 0 Å². The van der Waals surface area contributed by atoms with Crippen LogP contribution in [0.25, 0.3) is 10.2 Å².